The summed E-state index contributed by atoms with van der Waals surface area (Å²) < 4.78 is 28.3. The zero-order valence-corrected chi connectivity index (χ0v) is 14.0. The molecule has 4 N–H and O–H groups in total. The van der Waals surface area contributed by atoms with E-state index in [-0.39, 0.29) is 6.42 Å². The van der Waals surface area contributed by atoms with E-state index in [0.29, 0.717) is 18.5 Å². The largest absolute Gasteiger partial charge is 0.384 e. The second-order valence-electron chi connectivity index (χ2n) is 6.10. The number of nitrogens with one attached hydrogen (secondary N) is 3. The van der Waals surface area contributed by atoms with Crippen molar-refractivity contribution in [2.75, 3.05) is 13.6 Å². The molecule has 1 saturated heterocycles. The first-order valence-electron chi connectivity index (χ1n) is 8.22. The van der Waals surface area contributed by atoms with E-state index >= 15 is 0 Å². The highest BCUT2D eigenvalue weighted by atomic mass is 19.3. The number of benzene rings is 1. The molecule has 1 aliphatic rings. The molecule has 0 bridgehead atoms. The standard InChI is InChI=1S/C17H23F2N3O3/c1-20-16(25)17(18,19)14(23)13(10-11-6-3-2-4-7-11)22-15(24)12-8-5-9-21-12/h2-4,6-7,12-14,21,23H,5,8-10H2,1H3,(H,20,25)(H,22,24)/t12-,13?,14+/m0/s1. The molecule has 0 saturated carbocycles. The fraction of sp³-hybridized carbons (Fsp3) is 0.529. The first-order valence-corrected chi connectivity index (χ1v) is 8.22. The average Bonchev–Trinajstić information content (AvgIpc) is 3.15. The van der Waals surface area contributed by atoms with Gasteiger partial charge in [-0.1, -0.05) is 30.3 Å². The van der Waals surface area contributed by atoms with E-state index in [4.69, 9.17) is 0 Å². The second-order valence-corrected chi connectivity index (χ2v) is 6.10. The lowest BCUT2D eigenvalue weighted by Crippen LogP contribution is -2.59. The summed E-state index contributed by atoms with van der Waals surface area (Å²) in [7, 11) is 1.07. The molecule has 3 atom stereocenters. The smallest absolute Gasteiger partial charge is 0.351 e. The third kappa shape index (κ3) is 4.73. The van der Waals surface area contributed by atoms with Gasteiger partial charge in [0.05, 0.1) is 12.1 Å². The fourth-order valence-corrected chi connectivity index (χ4v) is 2.85. The average molecular weight is 355 g/mol. The van der Waals surface area contributed by atoms with Crippen LogP contribution in [0.5, 0.6) is 0 Å². The molecule has 1 unspecified atom stereocenters. The molecule has 1 aromatic rings. The highest BCUT2D eigenvalue weighted by Gasteiger charge is 2.50. The molecule has 1 aromatic carbocycles. The Kier molecular flexibility index (Phi) is 6.44. The van der Waals surface area contributed by atoms with E-state index in [9.17, 15) is 23.5 Å². The second kappa shape index (κ2) is 8.35. The van der Waals surface area contributed by atoms with E-state index in [1.165, 1.54) is 0 Å². The number of rotatable bonds is 7. The molecular weight excluding hydrogens is 332 g/mol. The Labute approximate surface area is 145 Å². The van der Waals surface area contributed by atoms with E-state index in [2.05, 4.69) is 10.6 Å². The SMILES string of the molecule is CNC(=O)C(F)(F)[C@H](O)C(Cc1ccccc1)NC(=O)[C@@H]1CCCN1. The molecule has 8 heteroatoms. The van der Waals surface area contributed by atoms with Crippen molar-refractivity contribution in [1.82, 2.24) is 16.0 Å². The van der Waals surface area contributed by atoms with Crippen molar-refractivity contribution >= 4 is 11.8 Å². The van der Waals surface area contributed by atoms with E-state index in [1.807, 2.05) is 5.32 Å². The Morgan fingerprint density at radius 1 is 1.36 bits per heavy atom. The van der Waals surface area contributed by atoms with Crippen LogP contribution in [0.15, 0.2) is 30.3 Å². The molecule has 6 nitrogen and oxygen atoms in total. The maximum atomic E-state index is 14.2. The van der Waals surface area contributed by atoms with Crippen molar-refractivity contribution in [3.05, 3.63) is 35.9 Å². The maximum Gasteiger partial charge on any atom is 0.351 e. The number of carbonyl (C=O) groups excluding carboxylic acids is 2. The first kappa shape index (κ1) is 19.3. The summed E-state index contributed by atoms with van der Waals surface area (Å²) in [6.07, 6.45) is -0.949. The number of halogens is 2. The predicted octanol–water partition coefficient (Wildman–Crippen LogP) is 0.208. The number of aliphatic hydroxyl groups is 1. The van der Waals surface area contributed by atoms with Crippen LogP contribution in [0.3, 0.4) is 0 Å². The maximum absolute atomic E-state index is 14.2. The van der Waals surface area contributed by atoms with Gasteiger partial charge in [0.1, 0.15) is 6.10 Å². The number of carbonyl (C=O) groups is 2. The quantitative estimate of drug-likeness (QED) is 0.563. The fourth-order valence-electron chi connectivity index (χ4n) is 2.85. The van der Waals surface area contributed by atoms with Gasteiger partial charge in [-0.3, -0.25) is 9.59 Å². The van der Waals surface area contributed by atoms with Gasteiger partial charge in [0.15, 0.2) is 0 Å². The van der Waals surface area contributed by atoms with Gasteiger partial charge in [-0.2, -0.15) is 8.78 Å². The van der Waals surface area contributed by atoms with Gasteiger partial charge in [-0.15, -0.1) is 0 Å². The Hall–Kier alpha value is -2.06. The molecule has 1 aliphatic heterocycles. The lowest BCUT2D eigenvalue weighted by Gasteiger charge is -2.30. The minimum absolute atomic E-state index is 0.0208. The normalized spacial score (nSPS) is 19.9. The number of aliphatic hydroxyl groups excluding tert-OH is 1. The molecule has 1 fully saturated rings. The van der Waals surface area contributed by atoms with E-state index < -0.39 is 35.9 Å². The van der Waals surface area contributed by atoms with Crippen LogP contribution in [0.1, 0.15) is 18.4 Å². The Morgan fingerprint density at radius 3 is 2.60 bits per heavy atom. The summed E-state index contributed by atoms with van der Waals surface area (Å²) in [6, 6.07) is 6.88. The molecule has 0 aliphatic carbocycles. The topological polar surface area (TPSA) is 90.5 Å². The van der Waals surface area contributed by atoms with Crippen LogP contribution in [-0.2, 0) is 16.0 Å². The Bertz CT molecular complexity index is 592. The molecule has 0 spiro atoms. The number of hydrogen-bond acceptors (Lipinski definition) is 4. The monoisotopic (exact) mass is 355 g/mol. The van der Waals surface area contributed by atoms with Gasteiger partial charge in [0.2, 0.25) is 5.91 Å². The third-order valence-electron chi connectivity index (χ3n) is 4.29. The first-order chi connectivity index (χ1) is 11.9. The van der Waals surface area contributed by atoms with Crippen LogP contribution in [0.25, 0.3) is 0 Å². The van der Waals surface area contributed by atoms with Crippen LogP contribution in [0.4, 0.5) is 8.78 Å². The summed E-state index contributed by atoms with van der Waals surface area (Å²) in [5.41, 5.74) is 0.666. The van der Waals surface area contributed by atoms with Gasteiger partial charge < -0.3 is 21.1 Å². The van der Waals surface area contributed by atoms with Crippen molar-refractivity contribution in [3.8, 4) is 0 Å². The van der Waals surface area contributed by atoms with Gasteiger partial charge in [-0.25, -0.2) is 0 Å². The zero-order chi connectivity index (χ0) is 18.4. The molecule has 2 rings (SSSR count). The number of amides is 2. The lowest BCUT2D eigenvalue weighted by atomic mass is 9.96. The van der Waals surface area contributed by atoms with Crippen molar-refractivity contribution < 1.29 is 23.5 Å². The number of alkyl halides is 2. The Morgan fingerprint density at radius 2 is 2.04 bits per heavy atom. The number of hydrogen-bond donors (Lipinski definition) is 4. The summed E-state index contributed by atoms with van der Waals surface area (Å²) in [6.45, 7) is 0.679. The highest BCUT2D eigenvalue weighted by molar-refractivity contribution is 5.85. The molecular formula is C17H23F2N3O3. The van der Waals surface area contributed by atoms with Crippen molar-refractivity contribution in [2.45, 2.75) is 43.4 Å². The van der Waals surface area contributed by atoms with E-state index in [1.54, 1.807) is 30.3 Å². The van der Waals surface area contributed by atoms with Gasteiger partial charge in [-0.05, 0) is 31.4 Å². The van der Waals surface area contributed by atoms with Crippen LogP contribution >= 0.6 is 0 Å². The van der Waals surface area contributed by atoms with Crippen LogP contribution in [0, 0.1) is 0 Å². The van der Waals surface area contributed by atoms with Crippen molar-refractivity contribution in [2.24, 2.45) is 0 Å². The predicted molar refractivity (Wildman–Crippen MR) is 88.1 cm³/mol. The van der Waals surface area contributed by atoms with Crippen LogP contribution in [0.2, 0.25) is 0 Å². The molecule has 1 heterocycles. The van der Waals surface area contributed by atoms with Crippen LogP contribution < -0.4 is 16.0 Å². The lowest BCUT2D eigenvalue weighted by molar-refractivity contribution is -0.167. The summed E-state index contributed by atoms with van der Waals surface area (Å²) in [4.78, 5) is 23.7. The van der Waals surface area contributed by atoms with Crippen molar-refractivity contribution in [1.29, 1.82) is 0 Å². The molecule has 0 radical (unpaired) electrons. The summed E-state index contributed by atoms with van der Waals surface area (Å²) >= 11 is 0. The van der Waals surface area contributed by atoms with Gasteiger partial charge >= 0.3 is 5.92 Å². The summed E-state index contributed by atoms with van der Waals surface area (Å²) in [5, 5.41) is 17.4. The zero-order valence-electron chi connectivity index (χ0n) is 14.0. The van der Waals surface area contributed by atoms with Gasteiger partial charge in [0.25, 0.3) is 5.91 Å². The molecule has 25 heavy (non-hydrogen) atoms. The van der Waals surface area contributed by atoms with Crippen LogP contribution in [-0.4, -0.2) is 54.6 Å². The van der Waals surface area contributed by atoms with Gasteiger partial charge in [0, 0.05) is 7.05 Å². The molecule has 0 aromatic heterocycles. The molecule has 2 amide bonds. The van der Waals surface area contributed by atoms with Crippen molar-refractivity contribution in [3.63, 3.8) is 0 Å². The minimum Gasteiger partial charge on any atom is -0.384 e. The van der Waals surface area contributed by atoms with E-state index in [0.717, 1.165) is 13.5 Å². The third-order valence-corrected chi connectivity index (χ3v) is 4.29. The highest BCUT2D eigenvalue weighted by Crippen LogP contribution is 2.23. The molecule has 138 valence electrons. The summed E-state index contributed by atoms with van der Waals surface area (Å²) in [5.74, 6) is -6.07. The minimum atomic E-state index is -4.02. The Balaban J connectivity index is 2.18.